The van der Waals surface area contributed by atoms with Crippen LogP contribution in [-0.4, -0.2) is 18.9 Å². The van der Waals surface area contributed by atoms with Crippen molar-refractivity contribution in [1.29, 1.82) is 0 Å². The van der Waals surface area contributed by atoms with Crippen LogP contribution in [0.2, 0.25) is 0 Å². The van der Waals surface area contributed by atoms with Crippen LogP contribution >= 0.6 is 11.3 Å². The van der Waals surface area contributed by atoms with Crippen LogP contribution in [0.15, 0.2) is 0 Å². The number of rotatable bonds is 4. The summed E-state index contributed by atoms with van der Waals surface area (Å²) < 4.78 is 60.9. The first-order valence-corrected chi connectivity index (χ1v) is 10.4. The first-order valence-electron chi connectivity index (χ1n) is 9.54. The number of hydrogen-bond donors (Lipinski definition) is 2. The van der Waals surface area contributed by atoms with Gasteiger partial charge in [0.2, 0.25) is 11.6 Å². The van der Waals surface area contributed by atoms with Crippen molar-refractivity contribution in [1.82, 2.24) is 0 Å². The number of benzene rings is 1. The van der Waals surface area contributed by atoms with E-state index >= 15 is 0 Å². The lowest BCUT2D eigenvalue weighted by Crippen LogP contribution is -2.27. The Hall–Kier alpha value is -2.62. The van der Waals surface area contributed by atoms with Gasteiger partial charge in [0.1, 0.15) is 10.6 Å². The quantitative estimate of drug-likeness (QED) is 0.509. The molecular weight excluding hydrogens is 436 g/mol. The van der Waals surface area contributed by atoms with E-state index in [-0.39, 0.29) is 16.0 Å². The molecule has 1 aromatic heterocycles. The molecule has 0 unspecified atom stereocenters. The number of ether oxygens (including phenoxy) is 1. The molecule has 5 nitrogen and oxygen atoms in total. The molecule has 1 aromatic carbocycles. The van der Waals surface area contributed by atoms with E-state index in [1.54, 1.807) is 0 Å². The molecule has 0 radical (unpaired) electrons. The molecule has 31 heavy (non-hydrogen) atoms. The molecule has 0 spiro atoms. The van der Waals surface area contributed by atoms with Gasteiger partial charge >= 0.3 is 0 Å². The van der Waals surface area contributed by atoms with Gasteiger partial charge in [-0.2, -0.15) is 8.78 Å². The molecule has 1 heterocycles. The molecule has 2 amide bonds. The monoisotopic (exact) mass is 458 g/mol. The smallest absolute Gasteiger partial charge is 0.262 e. The lowest BCUT2D eigenvalue weighted by Gasteiger charge is -2.33. The Morgan fingerprint density at radius 2 is 1.65 bits per heavy atom. The molecule has 1 atom stereocenters. The zero-order chi connectivity index (χ0) is 23.2. The Morgan fingerprint density at radius 3 is 2.13 bits per heavy atom. The van der Waals surface area contributed by atoms with Crippen LogP contribution in [0.3, 0.4) is 0 Å². The molecule has 1 aliphatic rings. The van der Waals surface area contributed by atoms with Crippen molar-refractivity contribution in [2.75, 3.05) is 12.4 Å². The maximum atomic E-state index is 14.3. The molecule has 168 valence electrons. The lowest BCUT2D eigenvalue weighted by molar-refractivity contribution is 0.1000. The number of thiophene rings is 1. The number of carbonyl (C=O) groups is 2. The molecule has 2 aromatic rings. The highest BCUT2D eigenvalue weighted by Crippen LogP contribution is 2.44. The summed E-state index contributed by atoms with van der Waals surface area (Å²) in [6, 6.07) is 0. The van der Waals surface area contributed by atoms with Crippen molar-refractivity contribution in [3.63, 3.8) is 0 Å². The van der Waals surface area contributed by atoms with Gasteiger partial charge in [0, 0.05) is 4.88 Å². The summed E-state index contributed by atoms with van der Waals surface area (Å²) in [5.41, 5.74) is 4.79. The Labute approximate surface area is 180 Å². The van der Waals surface area contributed by atoms with E-state index in [2.05, 4.69) is 30.8 Å². The van der Waals surface area contributed by atoms with Crippen LogP contribution in [0.1, 0.15) is 58.3 Å². The summed E-state index contributed by atoms with van der Waals surface area (Å²) in [6.07, 6.45) is 2.00. The van der Waals surface area contributed by atoms with E-state index in [1.807, 2.05) is 0 Å². The van der Waals surface area contributed by atoms with Crippen molar-refractivity contribution in [2.45, 2.75) is 40.0 Å². The van der Waals surface area contributed by atoms with Gasteiger partial charge in [-0.3, -0.25) is 9.59 Å². The van der Waals surface area contributed by atoms with E-state index in [9.17, 15) is 27.2 Å². The number of fused-ring (bicyclic) bond motifs is 1. The van der Waals surface area contributed by atoms with Crippen molar-refractivity contribution in [3.05, 3.63) is 44.8 Å². The second-order valence-electron chi connectivity index (χ2n) is 8.50. The van der Waals surface area contributed by atoms with Crippen LogP contribution < -0.4 is 15.8 Å². The van der Waals surface area contributed by atoms with Gasteiger partial charge in [0.05, 0.1) is 12.7 Å². The third kappa shape index (κ3) is 4.00. The third-order valence-corrected chi connectivity index (χ3v) is 6.79. The van der Waals surface area contributed by atoms with E-state index in [4.69, 9.17) is 5.73 Å². The first kappa shape index (κ1) is 23.1. The number of hydrogen-bond acceptors (Lipinski definition) is 4. The summed E-state index contributed by atoms with van der Waals surface area (Å²) in [7, 11) is 0.834. The van der Waals surface area contributed by atoms with Gasteiger partial charge in [-0.05, 0) is 36.2 Å². The maximum Gasteiger partial charge on any atom is 0.262 e. The predicted molar refractivity (Wildman–Crippen MR) is 109 cm³/mol. The fraction of sp³-hybridized carbons (Fsp3) is 0.429. The highest BCUT2D eigenvalue weighted by atomic mass is 32.1. The van der Waals surface area contributed by atoms with Crippen molar-refractivity contribution in [3.8, 4) is 5.75 Å². The number of primary amides is 1. The second-order valence-corrected chi connectivity index (χ2v) is 9.60. The number of halogens is 4. The van der Waals surface area contributed by atoms with Gasteiger partial charge < -0.3 is 15.8 Å². The number of amides is 2. The Morgan fingerprint density at radius 1 is 1.06 bits per heavy atom. The van der Waals surface area contributed by atoms with Gasteiger partial charge in [0.15, 0.2) is 17.4 Å². The fourth-order valence-electron chi connectivity index (χ4n) is 3.83. The highest BCUT2D eigenvalue weighted by molar-refractivity contribution is 7.17. The summed E-state index contributed by atoms with van der Waals surface area (Å²) >= 11 is 1.07. The molecule has 0 saturated heterocycles. The molecule has 10 heteroatoms. The lowest BCUT2D eigenvalue weighted by atomic mass is 9.72. The van der Waals surface area contributed by atoms with Gasteiger partial charge in [-0.15, -0.1) is 11.3 Å². The molecule has 3 N–H and O–H groups in total. The molecule has 0 bridgehead atoms. The van der Waals surface area contributed by atoms with Gasteiger partial charge in [0.25, 0.3) is 11.8 Å². The molecule has 0 fully saturated rings. The fourth-order valence-corrected chi connectivity index (χ4v) is 5.16. The Bertz CT molecular complexity index is 1050. The minimum atomic E-state index is -1.90. The molecule has 0 aliphatic heterocycles. The van der Waals surface area contributed by atoms with Crippen molar-refractivity contribution < 1.29 is 31.9 Å². The average molecular weight is 458 g/mol. The van der Waals surface area contributed by atoms with E-state index in [0.29, 0.717) is 24.3 Å². The molecule has 1 aliphatic carbocycles. The zero-order valence-electron chi connectivity index (χ0n) is 17.4. The van der Waals surface area contributed by atoms with E-state index in [1.165, 1.54) is 0 Å². The SMILES string of the molecule is COc1c(F)c(F)c(C(=O)Nc2sc3c(c2C(N)=O)CC[C@@H](C(C)(C)C)C3)c(F)c1F. The molecule has 3 rings (SSSR count). The van der Waals surface area contributed by atoms with Crippen LogP contribution in [0.4, 0.5) is 22.6 Å². The third-order valence-electron chi connectivity index (χ3n) is 5.62. The van der Waals surface area contributed by atoms with Crippen molar-refractivity contribution in [2.24, 2.45) is 17.1 Å². The highest BCUT2D eigenvalue weighted by Gasteiger charge is 2.35. The van der Waals surface area contributed by atoms with Gasteiger partial charge in [-0.25, -0.2) is 8.78 Å². The van der Waals surface area contributed by atoms with Crippen molar-refractivity contribution >= 4 is 28.2 Å². The number of carbonyl (C=O) groups excluding carboxylic acids is 2. The summed E-state index contributed by atoms with van der Waals surface area (Å²) in [4.78, 5) is 25.5. The number of methoxy groups -OCH3 is 1. The number of nitrogens with two attached hydrogens (primary N) is 1. The topological polar surface area (TPSA) is 81.4 Å². The minimum Gasteiger partial charge on any atom is -0.491 e. The van der Waals surface area contributed by atoms with E-state index in [0.717, 1.165) is 29.7 Å². The predicted octanol–water partition coefficient (Wildman–Crippen LogP) is 4.82. The standard InChI is InChI=1S/C21H22F4N2O3S/c1-21(2,3)8-5-6-9-10(7-8)31-20(11(9)18(26)28)27-19(29)12-13(22)15(24)17(30-4)16(25)14(12)23/h8H,5-7H2,1-4H3,(H2,26,28)(H,27,29)/t8-/m1/s1. The van der Waals surface area contributed by atoms with Crippen LogP contribution in [0.5, 0.6) is 5.75 Å². The Kier molecular flexibility index (Phi) is 6.05. The zero-order valence-corrected chi connectivity index (χ0v) is 18.2. The minimum absolute atomic E-state index is 0.00695. The van der Waals surface area contributed by atoms with Crippen LogP contribution in [0, 0.1) is 34.6 Å². The number of nitrogens with one attached hydrogen (secondary N) is 1. The number of anilines is 1. The summed E-state index contributed by atoms with van der Waals surface area (Å²) in [5.74, 6) is -10.7. The largest absolute Gasteiger partial charge is 0.491 e. The molecular formula is C21H22F4N2O3S. The Balaban J connectivity index is 2.02. The van der Waals surface area contributed by atoms with Gasteiger partial charge in [-0.1, -0.05) is 20.8 Å². The summed E-state index contributed by atoms with van der Waals surface area (Å²) in [5, 5.41) is 2.21. The average Bonchev–Trinajstić information content (AvgIpc) is 3.03. The van der Waals surface area contributed by atoms with Crippen LogP contribution in [0.25, 0.3) is 0 Å². The second kappa shape index (κ2) is 8.14. The maximum absolute atomic E-state index is 14.3. The first-order chi connectivity index (χ1) is 14.4. The van der Waals surface area contributed by atoms with Crippen LogP contribution in [-0.2, 0) is 12.8 Å². The van der Waals surface area contributed by atoms with E-state index < -0.39 is 46.4 Å². The normalized spacial score (nSPS) is 16.1. The summed E-state index contributed by atoms with van der Waals surface area (Å²) in [6.45, 7) is 6.31. The molecule has 0 saturated carbocycles.